The summed E-state index contributed by atoms with van der Waals surface area (Å²) >= 11 is 0. The van der Waals surface area contributed by atoms with Crippen molar-refractivity contribution in [3.8, 4) is 0 Å². The van der Waals surface area contributed by atoms with Crippen molar-refractivity contribution in [1.82, 2.24) is 4.98 Å². The van der Waals surface area contributed by atoms with Crippen LogP contribution in [0.5, 0.6) is 0 Å². The molecule has 0 radical (unpaired) electrons. The van der Waals surface area contributed by atoms with Gasteiger partial charge in [0, 0.05) is 23.9 Å². The Morgan fingerprint density at radius 1 is 1.50 bits per heavy atom. The van der Waals surface area contributed by atoms with E-state index in [0.29, 0.717) is 6.10 Å². The third-order valence-electron chi connectivity index (χ3n) is 2.28. The first-order valence-electron chi connectivity index (χ1n) is 4.36. The van der Waals surface area contributed by atoms with Gasteiger partial charge in [0.05, 0.1) is 12.2 Å². The predicted octanol–water partition coefficient (Wildman–Crippen LogP) is 2.10. The third-order valence-corrected chi connectivity index (χ3v) is 2.28. The summed E-state index contributed by atoms with van der Waals surface area (Å²) < 4.78 is 5.67. The number of hydrogen-bond donors (Lipinski definition) is 0. The normalized spacial score (nSPS) is 28.2. The zero-order valence-electron chi connectivity index (χ0n) is 7.45. The lowest BCUT2D eigenvalue weighted by Crippen LogP contribution is -2.22. The van der Waals surface area contributed by atoms with E-state index in [4.69, 9.17) is 4.74 Å². The van der Waals surface area contributed by atoms with E-state index in [1.54, 1.807) is 0 Å². The number of pyridine rings is 1. The minimum Gasteiger partial charge on any atom is -0.370 e. The van der Waals surface area contributed by atoms with Gasteiger partial charge in [0.2, 0.25) is 0 Å². The van der Waals surface area contributed by atoms with Crippen LogP contribution in [0, 0.1) is 0 Å². The van der Waals surface area contributed by atoms with Crippen LogP contribution >= 0.6 is 0 Å². The minimum absolute atomic E-state index is 0.206. The Kier molecular flexibility index (Phi) is 1.85. The van der Waals surface area contributed by atoms with E-state index in [9.17, 15) is 0 Å². The summed E-state index contributed by atoms with van der Waals surface area (Å²) in [6.07, 6.45) is 3.31. The second-order valence-electron chi connectivity index (χ2n) is 3.33. The number of hydrogen-bond acceptors (Lipinski definition) is 2. The zero-order valence-corrected chi connectivity index (χ0v) is 7.45. The van der Waals surface area contributed by atoms with Crippen LogP contribution in [0.4, 0.5) is 0 Å². The van der Waals surface area contributed by atoms with Crippen LogP contribution in [-0.2, 0) is 11.2 Å². The molecule has 2 nitrogen and oxygen atoms in total. The van der Waals surface area contributed by atoms with Crippen molar-refractivity contribution >= 4 is 0 Å². The second-order valence-corrected chi connectivity index (χ2v) is 3.33. The molecule has 0 saturated heterocycles. The molecule has 1 aliphatic heterocycles. The predicted molar refractivity (Wildman–Crippen MR) is 46.9 cm³/mol. The number of rotatable bonds is 0. The Morgan fingerprint density at radius 3 is 3.17 bits per heavy atom. The summed E-state index contributed by atoms with van der Waals surface area (Å²) in [7, 11) is 0. The van der Waals surface area contributed by atoms with E-state index in [2.05, 4.69) is 24.9 Å². The Bertz CT molecular complexity index is 285. The monoisotopic (exact) mass is 163 g/mol. The Hall–Kier alpha value is -0.890. The first-order valence-corrected chi connectivity index (χ1v) is 4.36. The van der Waals surface area contributed by atoms with Gasteiger partial charge in [-0.05, 0) is 19.9 Å². The van der Waals surface area contributed by atoms with Crippen LogP contribution in [0.15, 0.2) is 18.3 Å². The molecule has 2 rings (SSSR count). The Balaban J connectivity index is 2.40. The first-order chi connectivity index (χ1) is 5.77. The molecule has 0 fully saturated rings. The molecule has 2 unspecified atom stereocenters. The van der Waals surface area contributed by atoms with Gasteiger partial charge in [0.15, 0.2) is 0 Å². The maximum Gasteiger partial charge on any atom is 0.0818 e. The van der Waals surface area contributed by atoms with Crippen LogP contribution in [0.2, 0.25) is 0 Å². The largest absolute Gasteiger partial charge is 0.370 e. The maximum absolute atomic E-state index is 5.67. The summed E-state index contributed by atoms with van der Waals surface area (Å²) in [5, 5.41) is 0. The van der Waals surface area contributed by atoms with Crippen LogP contribution in [0.3, 0.4) is 0 Å². The molecular weight excluding hydrogens is 150 g/mol. The van der Waals surface area contributed by atoms with Gasteiger partial charge in [0.1, 0.15) is 0 Å². The summed E-state index contributed by atoms with van der Waals surface area (Å²) in [4.78, 5) is 4.34. The molecule has 1 aromatic rings. The number of fused-ring (bicyclic) bond motifs is 1. The van der Waals surface area contributed by atoms with E-state index in [-0.39, 0.29) is 6.10 Å². The number of aromatic nitrogens is 1. The standard InChI is InChI=1S/C10H13NO/c1-7-6-10-9(8(2)12-7)4-3-5-11-10/h3-5,7-8H,6H2,1-2H3. The van der Waals surface area contributed by atoms with Crippen molar-refractivity contribution in [2.45, 2.75) is 32.5 Å². The molecule has 0 spiro atoms. The second kappa shape index (κ2) is 2.87. The summed E-state index contributed by atoms with van der Waals surface area (Å²) in [6, 6.07) is 4.06. The van der Waals surface area contributed by atoms with Gasteiger partial charge in [-0.1, -0.05) is 6.07 Å². The molecular formula is C10H13NO. The molecule has 64 valence electrons. The van der Waals surface area contributed by atoms with E-state index >= 15 is 0 Å². The van der Waals surface area contributed by atoms with Crippen molar-refractivity contribution in [1.29, 1.82) is 0 Å². The smallest absolute Gasteiger partial charge is 0.0818 e. The summed E-state index contributed by atoms with van der Waals surface area (Å²) in [5.41, 5.74) is 2.44. The SMILES string of the molecule is CC1Cc2ncccc2C(C)O1. The molecule has 2 heteroatoms. The van der Waals surface area contributed by atoms with Crippen molar-refractivity contribution in [3.63, 3.8) is 0 Å². The molecule has 0 saturated carbocycles. The molecule has 0 aliphatic carbocycles. The molecule has 12 heavy (non-hydrogen) atoms. The average Bonchev–Trinajstić information content (AvgIpc) is 2.04. The highest BCUT2D eigenvalue weighted by Crippen LogP contribution is 2.27. The van der Waals surface area contributed by atoms with Crippen LogP contribution in [0.25, 0.3) is 0 Å². The molecule has 1 aromatic heterocycles. The van der Waals surface area contributed by atoms with Gasteiger partial charge in [-0.3, -0.25) is 4.98 Å². The lowest BCUT2D eigenvalue weighted by atomic mass is 10.0. The Morgan fingerprint density at radius 2 is 2.33 bits per heavy atom. The maximum atomic E-state index is 5.67. The quantitative estimate of drug-likeness (QED) is 0.584. The highest BCUT2D eigenvalue weighted by atomic mass is 16.5. The van der Waals surface area contributed by atoms with Crippen molar-refractivity contribution < 1.29 is 4.74 Å². The fourth-order valence-electron chi connectivity index (χ4n) is 1.73. The lowest BCUT2D eigenvalue weighted by Gasteiger charge is -2.26. The van der Waals surface area contributed by atoms with Crippen molar-refractivity contribution in [3.05, 3.63) is 29.6 Å². The molecule has 0 N–H and O–H groups in total. The van der Waals surface area contributed by atoms with Crippen LogP contribution in [0.1, 0.15) is 31.2 Å². The van der Waals surface area contributed by atoms with Gasteiger partial charge in [-0.2, -0.15) is 0 Å². The van der Waals surface area contributed by atoms with E-state index in [0.717, 1.165) is 6.42 Å². The molecule has 0 bridgehead atoms. The Labute approximate surface area is 72.6 Å². The van der Waals surface area contributed by atoms with Crippen molar-refractivity contribution in [2.75, 3.05) is 0 Å². The van der Waals surface area contributed by atoms with E-state index < -0.39 is 0 Å². The van der Waals surface area contributed by atoms with Crippen LogP contribution < -0.4 is 0 Å². The first kappa shape index (κ1) is 7.74. The summed E-state index contributed by atoms with van der Waals surface area (Å²) in [6.45, 7) is 4.17. The minimum atomic E-state index is 0.206. The third kappa shape index (κ3) is 1.23. The lowest BCUT2D eigenvalue weighted by molar-refractivity contribution is -0.00593. The summed E-state index contributed by atoms with van der Waals surface area (Å²) in [5.74, 6) is 0. The van der Waals surface area contributed by atoms with E-state index in [1.807, 2.05) is 12.3 Å². The van der Waals surface area contributed by atoms with E-state index in [1.165, 1.54) is 11.3 Å². The van der Waals surface area contributed by atoms with Gasteiger partial charge in [-0.15, -0.1) is 0 Å². The topological polar surface area (TPSA) is 22.1 Å². The molecule has 0 aromatic carbocycles. The number of nitrogens with zero attached hydrogens (tertiary/aromatic N) is 1. The van der Waals surface area contributed by atoms with Gasteiger partial charge >= 0.3 is 0 Å². The van der Waals surface area contributed by atoms with Crippen LogP contribution in [-0.4, -0.2) is 11.1 Å². The molecule has 0 amide bonds. The van der Waals surface area contributed by atoms with Gasteiger partial charge in [-0.25, -0.2) is 0 Å². The average molecular weight is 163 g/mol. The highest BCUT2D eigenvalue weighted by Gasteiger charge is 2.21. The molecule has 2 heterocycles. The fraction of sp³-hybridized carbons (Fsp3) is 0.500. The molecule has 1 aliphatic rings. The zero-order chi connectivity index (χ0) is 8.55. The number of ether oxygens (including phenoxy) is 1. The molecule has 2 atom stereocenters. The highest BCUT2D eigenvalue weighted by molar-refractivity contribution is 5.24. The fourth-order valence-corrected chi connectivity index (χ4v) is 1.73. The van der Waals surface area contributed by atoms with Crippen molar-refractivity contribution in [2.24, 2.45) is 0 Å². The van der Waals surface area contributed by atoms with Gasteiger partial charge in [0.25, 0.3) is 0 Å². The van der Waals surface area contributed by atoms with Gasteiger partial charge < -0.3 is 4.74 Å².